The summed E-state index contributed by atoms with van der Waals surface area (Å²) in [5.74, 6) is 0. The summed E-state index contributed by atoms with van der Waals surface area (Å²) in [5.41, 5.74) is 2.34. The highest BCUT2D eigenvalue weighted by Crippen LogP contribution is 2.26. The molecule has 1 N–H and O–H groups in total. The average molecular weight is 323 g/mol. The Morgan fingerprint density at radius 2 is 2.14 bits per heavy atom. The molecule has 0 saturated heterocycles. The van der Waals surface area contributed by atoms with Crippen molar-refractivity contribution in [3.8, 4) is 0 Å². The molecule has 0 spiro atoms. The lowest BCUT2D eigenvalue weighted by molar-refractivity contribution is 0.675. The van der Waals surface area contributed by atoms with Crippen LogP contribution in [0.3, 0.4) is 0 Å². The van der Waals surface area contributed by atoms with Gasteiger partial charge in [-0.15, -0.1) is 11.3 Å². The molecule has 1 heterocycles. The lowest BCUT2D eigenvalue weighted by atomic mass is 10.2. The number of nitrogens with one attached hydrogen (secondary N) is 1. The molecule has 0 aliphatic heterocycles. The summed E-state index contributed by atoms with van der Waals surface area (Å²) >= 11 is 8.24. The first-order valence-corrected chi connectivity index (χ1v) is 8.69. The van der Waals surface area contributed by atoms with Gasteiger partial charge in [-0.2, -0.15) is 0 Å². The SMILES string of the molecule is CCCNCc1ccc(N(C)CCc2cccs2)c(Cl)c1. The van der Waals surface area contributed by atoms with Gasteiger partial charge in [0, 0.05) is 25.0 Å². The minimum absolute atomic E-state index is 0.833. The van der Waals surface area contributed by atoms with Crippen LogP contribution in [0.4, 0.5) is 5.69 Å². The molecule has 0 atom stereocenters. The largest absolute Gasteiger partial charge is 0.373 e. The minimum Gasteiger partial charge on any atom is -0.373 e. The zero-order chi connectivity index (χ0) is 15.1. The Morgan fingerprint density at radius 1 is 1.29 bits per heavy atom. The maximum atomic E-state index is 6.43. The maximum absolute atomic E-state index is 6.43. The molecule has 2 aromatic rings. The molecule has 0 aliphatic rings. The van der Waals surface area contributed by atoms with Crippen molar-refractivity contribution in [3.05, 3.63) is 51.2 Å². The van der Waals surface area contributed by atoms with Gasteiger partial charge in [0.25, 0.3) is 0 Å². The molecule has 1 aromatic heterocycles. The van der Waals surface area contributed by atoms with E-state index in [-0.39, 0.29) is 0 Å². The highest BCUT2D eigenvalue weighted by atomic mass is 35.5. The number of halogens is 1. The van der Waals surface area contributed by atoms with Gasteiger partial charge in [-0.3, -0.25) is 0 Å². The third-order valence-electron chi connectivity index (χ3n) is 3.45. The summed E-state index contributed by atoms with van der Waals surface area (Å²) in [6.07, 6.45) is 2.21. The van der Waals surface area contributed by atoms with Gasteiger partial charge in [-0.1, -0.05) is 30.7 Å². The van der Waals surface area contributed by atoms with Gasteiger partial charge < -0.3 is 10.2 Å². The number of rotatable bonds is 8. The highest BCUT2D eigenvalue weighted by Gasteiger charge is 2.07. The molecular weight excluding hydrogens is 300 g/mol. The van der Waals surface area contributed by atoms with Gasteiger partial charge in [-0.25, -0.2) is 0 Å². The normalized spacial score (nSPS) is 10.8. The number of hydrogen-bond acceptors (Lipinski definition) is 3. The Kier molecular flexibility index (Phi) is 6.55. The van der Waals surface area contributed by atoms with Gasteiger partial charge in [0.2, 0.25) is 0 Å². The standard InChI is InChI=1S/C17H23ClN2S/c1-3-9-19-13-14-6-7-17(16(18)12-14)20(2)10-8-15-5-4-11-21-15/h4-7,11-12,19H,3,8-10,13H2,1-2H3. The lowest BCUT2D eigenvalue weighted by Gasteiger charge is -2.21. The van der Waals surface area contributed by atoms with Crippen LogP contribution < -0.4 is 10.2 Å². The van der Waals surface area contributed by atoms with Crippen molar-refractivity contribution in [3.63, 3.8) is 0 Å². The van der Waals surface area contributed by atoms with Gasteiger partial charge in [0.1, 0.15) is 0 Å². The molecule has 2 nitrogen and oxygen atoms in total. The molecule has 0 aliphatic carbocycles. The van der Waals surface area contributed by atoms with Crippen molar-refractivity contribution in [1.29, 1.82) is 0 Å². The number of likely N-dealkylation sites (N-methyl/N-ethyl adjacent to an activating group) is 1. The van der Waals surface area contributed by atoms with Gasteiger partial charge in [0.15, 0.2) is 0 Å². The van der Waals surface area contributed by atoms with Crippen molar-refractivity contribution in [2.75, 3.05) is 25.0 Å². The van der Waals surface area contributed by atoms with Crippen molar-refractivity contribution in [2.24, 2.45) is 0 Å². The van der Waals surface area contributed by atoms with Crippen LogP contribution in [-0.4, -0.2) is 20.1 Å². The van der Waals surface area contributed by atoms with E-state index in [9.17, 15) is 0 Å². The molecule has 0 amide bonds. The second-order valence-electron chi connectivity index (χ2n) is 5.21. The average Bonchev–Trinajstić information content (AvgIpc) is 2.98. The predicted octanol–water partition coefficient (Wildman–Crippen LogP) is 4.58. The van der Waals surface area contributed by atoms with Crippen molar-refractivity contribution in [2.45, 2.75) is 26.3 Å². The van der Waals surface area contributed by atoms with E-state index in [1.54, 1.807) is 0 Å². The number of anilines is 1. The molecule has 0 bridgehead atoms. The van der Waals surface area contributed by atoms with Crippen molar-refractivity contribution < 1.29 is 0 Å². The summed E-state index contributed by atoms with van der Waals surface area (Å²) in [7, 11) is 2.10. The molecule has 1 aromatic carbocycles. The predicted molar refractivity (Wildman–Crippen MR) is 94.7 cm³/mol. The first kappa shape index (κ1) is 16.3. The Hall–Kier alpha value is -1.03. The van der Waals surface area contributed by atoms with Crippen molar-refractivity contribution >= 4 is 28.6 Å². The highest BCUT2D eigenvalue weighted by molar-refractivity contribution is 7.09. The lowest BCUT2D eigenvalue weighted by Crippen LogP contribution is -2.20. The van der Waals surface area contributed by atoms with Crippen LogP contribution in [0.2, 0.25) is 5.02 Å². The van der Waals surface area contributed by atoms with E-state index in [0.29, 0.717) is 0 Å². The summed E-state index contributed by atoms with van der Waals surface area (Å²) in [6.45, 7) is 5.08. The molecule has 4 heteroatoms. The fourth-order valence-electron chi connectivity index (χ4n) is 2.23. The number of hydrogen-bond donors (Lipinski definition) is 1. The van der Waals surface area contributed by atoms with Crippen LogP contribution in [0, 0.1) is 0 Å². The van der Waals surface area contributed by atoms with E-state index in [0.717, 1.165) is 43.2 Å². The molecule has 0 radical (unpaired) electrons. The first-order valence-electron chi connectivity index (χ1n) is 7.43. The van der Waals surface area contributed by atoms with E-state index >= 15 is 0 Å². The monoisotopic (exact) mass is 322 g/mol. The molecule has 0 unspecified atom stereocenters. The second kappa shape index (κ2) is 8.42. The van der Waals surface area contributed by atoms with Crippen LogP contribution in [0.25, 0.3) is 0 Å². The van der Waals surface area contributed by atoms with Crippen LogP contribution >= 0.6 is 22.9 Å². The molecular formula is C17H23ClN2S. The van der Waals surface area contributed by atoms with Crippen LogP contribution in [0.5, 0.6) is 0 Å². The Morgan fingerprint density at radius 3 is 2.81 bits per heavy atom. The molecule has 0 saturated carbocycles. The third kappa shape index (κ3) is 5.03. The van der Waals surface area contributed by atoms with Gasteiger partial charge >= 0.3 is 0 Å². The topological polar surface area (TPSA) is 15.3 Å². The summed E-state index contributed by atoms with van der Waals surface area (Å²) in [6, 6.07) is 10.6. The zero-order valence-electron chi connectivity index (χ0n) is 12.7. The Bertz CT molecular complexity index is 540. The van der Waals surface area contributed by atoms with E-state index in [2.05, 4.69) is 59.9 Å². The van der Waals surface area contributed by atoms with Crippen LogP contribution in [-0.2, 0) is 13.0 Å². The van der Waals surface area contributed by atoms with Crippen LogP contribution in [0.15, 0.2) is 35.7 Å². The summed E-state index contributed by atoms with van der Waals surface area (Å²) in [4.78, 5) is 3.64. The molecule has 0 fully saturated rings. The van der Waals surface area contributed by atoms with Crippen molar-refractivity contribution in [1.82, 2.24) is 5.32 Å². The van der Waals surface area contributed by atoms with E-state index in [1.807, 2.05) is 11.3 Å². The maximum Gasteiger partial charge on any atom is 0.0642 e. The number of thiophene rings is 1. The van der Waals surface area contributed by atoms with Gasteiger partial charge in [-0.05, 0) is 48.5 Å². The fraction of sp³-hybridized carbons (Fsp3) is 0.412. The third-order valence-corrected chi connectivity index (χ3v) is 4.69. The second-order valence-corrected chi connectivity index (χ2v) is 6.65. The zero-order valence-corrected chi connectivity index (χ0v) is 14.3. The fourth-order valence-corrected chi connectivity index (χ4v) is 3.28. The minimum atomic E-state index is 0.833. The van der Waals surface area contributed by atoms with E-state index in [1.165, 1.54) is 10.4 Å². The number of nitrogens with zero attached hydrogens (tertiary/aromatic N) is 1. The molecule has 114 valence electrons. The Balaban J connectivity index is 1.92. The molecule has 2 rings (SSSR count). The number of benzene rings is 1. The molecule has 21 heavy (non-hydrogen) atoms. The van der Waals surface area contributed by atoms with E-state index in [4.69, 9.17) is 11.6 Å². The summed E-state index contributed by atoms with van der Waals surface area (Å²) in [5, 5.41) is 6.36. The smallest absolute Gasteiger partial charge is 0.0642 e. The Labute approximate surface area is 136 Å². The first-order chi connectivity index (χ1) is 10.2. The van der Waals surface area contributed by atoms with E-state index < -0.39 is 0 Å². The van der Waals surface area contributed by atoms with Crippen LogP contribution in [0.1, 0.15) is 23.8 Å². The van der Waals surface area contributed by atoms with Gasteiger partial charge in [0.05, 0.1) is 10.7 Å². The summed E-state index contributed by atoms with van der Waals surface area (Å²) < 4.78 is 0. The quantitative estimate of drug-likeness (QED) is 0.716.